The molecule has 0 amide bonds. The van der Waals surface area contributed by atoms with E-state index in [1.54, 1.807) is 0 Å². The molecule has 1 aromatic carbocycles. The van der Waals surface area contributed by atoms with Crippen LogP contribution in [0.2, 0.25) is 0 Å². The van der Waals surface area contributed by atoms with Gasteiger partial charge in [0, 0.05) is 12.2 Å². The largest absolute Gasteiger partial charge is 0.494 e. The third-order valence-electron chi connectivity index (χ3n) is 4.27. The van der Waals surface area contributed by atoms with Gasteiger partial charge in [-0.2, -0.15) is 0 Å². The Labute approximate surface area is 147 Å². The summed E-state index contributed by atoms with van der Waals surface area (Å²) in [6.07, 6.45) is 2.69. The summed E-state index contributed by atoms with van der Waals surface area (Å²) >= 11 is 0. The SMILES string of the molecule is CC(C)OB(OC(C)C)c1ccc(OCC2CCN(C)CC2)cc1. The molecule has 4 nitrogen and oxygen atoms in total. The molecule has 2 rings (SSSR count). The molecule has 1 aliphatic heterocycles. The monoisotopic (exact) mass is 333 g/mol. The van der Waals surface area contributed by atoms with Crippen LogP contribution in [0.1, 0.15) is 40.5 Å². The van der Waals surface area contributed by atoms with Gasteiger partial charge in [-0.3, -0.25) is 0 Å². The lowest BCUT2D eigenvalue weighted by Gasteiger charge is -2.28. The first-order valence-corrected chi connectivity index (χ1v) is 9.16. The quantitative estimate of drug-likeness (QED) is 0.685. The molecule has 0 bridgehead atoms. The van der Waals surface area contributed by atoms with Crippen molar-refractivity contribution in [3.63, 3.8) is 0 Å². The molecule has 1 aliphatic rings. The Hall–Kier alpha value is -1.04. The molecule has 24 heavy (non-hydrogen) atoms. The second-order valence-electron chi connectivity index (χ2n) is 7.33. The van der Waals surface area contributed by atoms with Crippen molar-refractivity contribution in [3.05, 3.63) is 24.3 Å². The van der Waals surface area contributed by atoms with E-state index >= 15 is 0 Å². The molecule has 1 fully saturated rings. The van der Waals surface area contributed by atoms with Crippen LogP contribution in [0.4, 0.5) is 0 Å². The summed E-state index contributed by atoms with van der Waals surface area (Å²) in [5, 5.41) is 0. The van der Waals surface area contributed by atoms with Crippen LogP contribution in [0.5, 0.6) is 5.75 Å². The maximum absolute atomic E-state index is 5.98. The van der Waals surface area contributed by atoms with E-state index in [-0.39, 0.29) is 19.3 Å². The first-order valence-electron chi connectivity index (χ1n) is 9.16. The average Bonchev–Trinajstić information content (AvgIpc) is 2.53. The molecule has 0 aliphatic carbocycles. The van der Waals surface area contributed by atoms with Crippen molar-refractivity contribution in [2.45, 2.75) is 52.7 Å². The van der Waals surface area contributed by atoms with Crippen LogP contribution >= 0.6 is 0 Å². The Morgan fingerprint density at radius 2 is 1.54 bits per heavy atom. The number of ether oxygens (including phenoxy) is 1. The summed E-state index contributed by atoms with van der Waals surface area (Å²) in [7, 11) is 1.86. The van der Waals surface area contributed by atoms with Crippen LogP contribution in [0.3, 0.4) is 0 Å². The molecule has 0 N–H and O–H groups in total. The lowest BCUT2D eigenvalue weighted by Crippen LogP contribution is -2.40. The van der Waals surface area contributed by atoms with Crippen molar-refractivity contribution in [3.8, 4) is 5.75 Å². The van der Waals surface area contributed by atoms with Crippen molar-refractivity contribution < 1.29 is 14.0 Å². The maximum atomic E-state index is 5.98. The normalized spacial score (nSPS) is 16.8. The highest BCUT2D eigenvalue weighted by molar-refractivity contribution is 6.61. The van der Waals surface area contributed by atoms with Crippen LogP contribution in [0.15, 0.2) is 24.3 Å². The minimum absolute atomic E-state index is 0.120. The van der Waals surface area contributed by atoms with E-state index in [0.717, 1.165) is 17.8 Å². The third-order valence-corrected chi connectivity index (χ3v) is 4.27. The molecule has 5 heteroatoms. The molecule has 1 aromatic rings. The van der Waals surface area contributed by atoms with Crippen LogP contribution < -0.4 is 10.2 Å². The standard InChI is InChI=1S/C19H32BNO3/c1-15(2)23-20(24-16(3)4)18-6-8-19(9-7-18)22-14-17-10-12-21(5)13-11-17/h6-9,15-17H,10-14H2,1-5H3. The lowest BCUT2D eigenvalue weighted by molar-refractivity contribution is 0.139. The zero-order valence-corrected chi connectivity index (χ0v) is 15.8. The van der Waals surface area contributed by atoms with Gasteiger partial charge in [0.2, 0.25) is 0 Å². The molecule has 0 atom stereocenters. The van der Waals surface area contributed by atoms with Crippen LogP contribution in [0.25, 0.3) is 0 Å². The first-order chi connectivity index (χ1) is 11.4. The minimum atomic E-state index is -0.326. The highest BCUT2D eigenvalue weighted by atomic mass is 16.6. The summed E-state index contributed by atoms with van der Waals surface area (Å²) in [5.74, 6) is 1.59. The lowest BCUT2D eigenvalue weighted by atomic mass is 9.78. The first kappa shape index (κ1) is 19.3. The van der Waals surface area contributed by atoms with Gasteiger partial charge in [-0.05, 0) is 84.2 Å². The van der Waals surface area contributed by atoms with Crippen LogP contribution in [0, 0.1) is 5.92 Å². The summed E-state index contributed by atoms with van der Waals surface area (Å²) in [4.78, 5) is 2.38. The van der Waals surface area contributed by atoms with Crippen molar-refractivity contribution in [2.24, 2.45) is 5.92 Å². The number of benzene rings is 1. The number of hydrogen-bond donors (Lipinski definition) is 0. The molecule has 1 heterocycles. The Balaban J connectivity index is 1.88. The van der Waals surface area contributed by atoms with Crippen molar-refractivity contribution in [1.29, 1.82) is 0 Å². The number of rotatable bonds is 8. The van der Waals surface area contributed by atoms with Gasteiger partial charge in [0.25, 0.3) is 0 Å². The maximum Gasteiger partial charge on any atom is 0.494 e. The second kappa shape index (κ2) is 9.45. The van der Waals surface area contributed by atoms with E-state index in [1.807, 2.05) is 52.0 Å². The van der Waals surface area contributed by atoms with Gasteiger partial charge in [-0.25, -0.2) is 0 Å². The average molecular weight is 333 g/mol. The fourth-order valence-corrected chi connectivity index (χ4v) is 2.85. The predicted octanol–water partition coefficient (Wildman–Crippen LogP) is 2.95. The van der Waals surface area contributed by atoms with Gasteiger partial charge in [0.1, 0.15) is 5.75 Å². The Morgan fingerprint density at radius 3 is 2.04 bits per heavy atom. The Bertz CT molecular complexity index is 460. The van der Waals surface area contributed by atoms with E-state index in [1.165, 1.54) is 25.9 Å². The second-order valence-corrected chi connectivity index (χ2v) is 7.33. The molecule has 0 aromatic heterocycles. The molecule has 0 saturated carbocycles. The number of nitrogens with zero attached hydrogens (tertiary/aromatic N) is 1. The van der Waals surface area contributed by atoms with E-state index in [0.29, 0.717) is 5.92 Å². The molecule has 134 valence electrons. The smallest absolute Gasteiger partial charge is 0.493 e. The Morgan fingerprint density at radius 1 is 1.00 bits per heavy atom. The van der Waals surface area contributed by atoms with Crippen LogP contribution in [-0.4, -0.2) is 51.0 Å². The molecule has 0 radical (unpaired) electrons. The number of likely N-dealkylation sites (tertiary alicyclic amines) is 1. The van der Waals surface area contributed by atoms with Gasteiger partial charge in [0.15, 0.2) is 0 Å². The zero-order valence-electron chi connectivity index (χ0n) is 15.8. The van der Waals surface area contributed by atoms with Crippen molar-refractivity contribution in [2.75, 3.05) is 26.7 Å². The van der Waals surface area contributed by atoms with Gasteiger partial charge in [0.05, 0.1) is 6.61 Å². The minimum Gasteiger partial charge on any atom is -0.493 e. The number of piperidine rings is 1. The van der Waals surface area contributed by atoms with Crippen LogP contribution in [-0.2, 0) is 9.31 Å². The van der Waals surface area contributed by atoms with E-state index < -0.39 is 0 Å². The van der Waals surface area contributed by atoms with Gasteiger partial charge in [-0.1, -0.05) is 12.1 Å². The fourth-order valence-electron chi connectivity index (χ4n) is 2.85. The summed E-state index contributed by atoms with van der Waals surface area (Å²) < 4.78 is 17.7. The molecule has 0 spiro atoms. The van der Waals surface area contributed by atoms with E-state index in [9.17, 15) is 0 Å². The molecular formula is C19H32BNO3. The predicted molar refractivity (Wildman–Crippen MR) is 100.0 cm³/mol. The summed E-state index contributed by atoms with van der Waals surface area (Å²) in [6, 6.07) is 8.12. The number of hydrogen-bond acceptors (Lipinski definition) is 4. The van der Waals surface area contributed by atoms with E-state index in [4.69, 9.17) is 14.0 Å². The van der Waals surface area contributed by atoms with Gasteiger partial charge in [-0.15, -0.1) is 0 Å². The highest BCUT2D eigenvalue weighted by Gasteiger charge is 2.24. The van der Waals surface area contributed by atoms with Gasteiger partial charge >= 0.3 is 7.12 Å². The fraction of sp³-hybridized carbons (Fsp3) is 0.684. The molecule has 1 saturated heterocycles. The topological polar surface area (TPSA) is 30.9 Å². The van der Waals surface area contributed by atoms with Crippen molar-refractivity contribution in [1.82, 2.24) is 4.90 Å². The van der Waals surface area contributed by atoms with E-state index in [2.05, 4.69) is 11.9 Å². The highest BCUT2D eigenvalue weighted by Crippen LogP contribution is 2.18. The Kier molecular flexibility index (Phi) is 7.60. The third kappa shape index (κ3) is 6.46. The summed E-state index contributed by atoms with van der Waals surface area (Å²) in [6.45, 7) is 11.3. The molecular weight excluding hydrogens is 301 g/mol. The summed E-state index contributed by atoms with van der Waals surface area (Å²) in [5.41, 5.74) is 1.03. The zero-order chi connectivity index (χ0) is 17.5. The van der Waals surface area contributed by atoms with Gasteiger partial charge < -0.3 is 18.9 Å². The molecule has 0 unspecified atom stereocenters. The van der Waals surface area contributed by atoms with Crippen molar-refractivity contribution >= 4 is 12.6 Å².